The van der Waals surface area contributed by atoms with Gasteiger partial charge in [0.05, 0.1) is 13.2 Å². The summed E-state index contributed by atoms with van der Waals surface area (Å²) in [7, 11) is 0. The highest BCUT2D eigenvalue weighted by atomic mass is 16.5. The maximum absolute atomic E-state index is 12.0. The molecule has 0 aliphatic heterocycles. The summed E-state index contributed by atoms with van der Waals surface area (Å²) in [5.41, 5.74) is 0. The number of ether oxygens (including phenoxy) is 1. The molecular formula is C18H30O3. The molecule has 0 saturated heterocycles. The Morgan fingerprint density at radius 1 is 0.667 bits per heavy atom. The van der Waals surface area contributed by atoms with Gasteiger partial charge >= 0.3 is 0 Å². The Morgan fingerprint density at radius 2 is 1.05 bits per heavy atom. The summed E-state index contributed by atoms with van der Waals surface area (Å²) < 4.78 is 5.51. The summed E-state index contributed by atoms with van der Waals surface area (Å²) in [4.78, 5) is 24.0. The minimum absolute atomic E-state index is 0.284. The first kappa shape index (κ1) is 16.7. The molecule has 0 spiro atoms. The number of carbonyl (C=O) groups excluding carboxylic acids is 2. The molecule has 0 bridgehead atoms. The highest BCUT2D eigenvalue weighted by molar-refractivity contribution is 5.81. The molecule has 3 heteroatoms. The lowest BCUT2D eigenvalue weighted by Crippen LogP contribution is -2.21. The zero-order chi connectivity index (χ0) is 14.9. The van der Waals surface area contributed by atoms with Crippen LogP contribution in [-0.2, 0) is 14.3 Å². The van der Waals surface area contributed by atoms with Gasteiger partial charge in [-0.25, -0.2) is 0 Å². The van der Waals surface area contributed by atoms with E-state index in [4.69, 9.17) is 4.74 Å². The Morgan fingerprint density at radius 3 is 1.43 bits per heavy atom. The Balaban J connectivity index is 1.51. The number of Topliss-reactive ketones (excluding diaryl/α,β-unsaturated/α-hetero) is 2. The van der Waals surface area contributed by atoms with Gasteiger partial charge in [0.25, 0.3) is 0 Å². The van der Waals surface area contributed by atoms with Gasteiger partial charge in [-0.15, -0.1) is 0 Å². The van der Waals surface area contributed by atoms with E-state index in [1.54, 1.807) is 0 Å². The van der Waals surface area contributed by atoms with E-state index in [-0.39, 0.29) is 11.8 Å². The summed E-state index contributed by atoms with van der Waals surface area (Å²) in [6.07, 6.45) is 12.7. The molecule has 0 aromatic rings. The van der Waals surface area contributed by atoms with Crippen LogP contribution in [0.3, 0.4) is 0 Å². The van der Waals surface area contributed by atoms with Crippen molar-refractivity contribution in [3.05, 3.63) is 0 Å². The van der Waals surface area contributed by atoms with Gasteiger partial charge in [-0.1, -0.05) is 38.5 Å². The lowest BCUT2D eigenvalue weighted by molar-refractivity contribution is -0.125. The number of hydrogen-bond donors (Lipinski definition) is 0. The zero-order valence-corrected chi connectivity index (χ0v) is 13.3. The largest absolute Gasteiger partial charge is 0.381 e. The smallest absolute Gasteiger partial charge is 0.138 e. The van der Waals surface area contributed by atoms with Crippen molar-refractivity contribution in [1.29, 1.82) is 0 Å². The summed E-state index contributed by atoms with van der Waals surface area (Å²) >= 11 is 0. The van der Waals surface area contributed by atoms with Gasteiger partial charge in [0.1, 0.15) is 11.6 Å². The van der Waals surface area contributed by atoms with Crippen LogP contribution in [0.1, 0.15) is 77.0 Å². The minimum atomic E-state index is 0.284. The Hall–Kier alpha value is -0.700. The van der Waals surface area contributed by atoms with Crippen molar-refractivity contribution < 1.29 is 14.3 Å². The van der Waals surface area contributed by atoms with Crippen LogP contribution in [0, 0.1) is 11.8 Å². The first-order valence-electron chi connectivity index (χ1n) is 8.90. The topological polar surface area (TPSA) is 43.4 Å². The highest BCUT2D eigenvalue weighted by Gasteiger charge is 2.21. The van der Waals surface area contributed by atoms with Gasteiger partial charge in [-0.3, -0.25) is 9.59 Å². The van der Waals surface area contributed by atoms with Crippen LogP contribution < -0.4 is 0 Å². The molecule has 0 N–H and O–H groups in total. The second kappa shape index (κ2) is 9.34. The summed E-state index contributed by atoms with van der Waals surface area (Å²) in [6, 6.07) is 0. The van der Waals surface area contributed by atoms with E-state index in [9.17, 15) is 9.59 Å². The van der Waals surface area contributed by atoms with E-state index < -0.39 is 0 Å². The van der Waals surface area contributed by atoms with Crippen LogP contribution >= 0.6 is 0 Å². The molecule has 0 unspecified atom stereocenters. The standard InChI is InChI=1S/C18H30O3/c19-17(15-7-3-1-4-8-15)11-13-21-14-12-18(20)16-9-5-2-6-10-16/h15-16H,1-14H2. The van der Waals surface area contributed by atoms with Crippen LogP contribution in [-0.4, -0.2) is 24.8 Å². The van der Waals surface area contributed by atoms with Gasteiger partial charge in [-0.2, -0.15) is 0 Å². The number of rotatable bonds is 8. The molecular weight excluding hydrogens is 264 g/mol. The third kappa shape index (κ3) is 5.90. The van der Waals surface area contributed by atoms with Gasteiger partial charge in [0.15, 0.2) is 0 Å². The Bertz CT molecular complexity index is 293. The molecule has 0 atom stereocenters. The van der Waals surface area contributed by atoms with Gasteiger partial charge in [-0.05, 0) is 25.7 Å². The van der Waals surface area contributed by atoms with Crippen molar-refractivity contribution in [3.63, 3.8) is 0 Å². The van der Waals surface area contributed by atoms with Gasteiger partial charge in [0, 0.05) is 24.7 Å². The van der Waals surface area contributed by atoms with Crippen molar-refractivity contribution in [3.8, 4) is 0 Å². The van der Waals surface area contributed by atoms with Crippen LogP contribution in [0.2, 0.25) is 0 Å². The van der Waals surface area contributed by atoms with E-state index in [1.807, 2.05) is 0 Å². The summed E-state index contributed by atoms with van der Waals surface area (Å²) in [5.74, 6) is 1.30. The van der Waals surface area contributed by atoms with Crippen molar-refractivity contribution in [1.82, 2.24) is 0 Å². The van der Waals surface area contributed by atoms with Crippen molar-refractivity contribution in [2.24, 2.45) is 11.8 Å². The fraction of sp³-hybridized carbons (Fsp3) is 0.889. The van der Waals surface area contributed by atoms with Gasteiger partial charge in [0.2, 0.25) is 0 Å². The molecule has 0 radical (unpaired) electrons. The number of ketones is 2. The van der Waals surface area contributed by atoms with Gasteiger partial charge < -0.3 is 4.74 Å². The molecule has 3 nitrogen and oxygen atoms in total. The van der Waals surface area contributed by atoms with E-state index in [0.717, 1.165) is 25.7 Å². The third-order valence-electron chi connectivity index (χ3n) is 5.11. The molecule has 21 heavy (non-hydrogen) atoms. The van der Waals surface area contributed by atoms with Crippen LogP contribution in [0.25, 0.3) is 0 Å². The van der Waals surface area contributed by atoms with E-state index in [2.05, 4.69) is 0 Å². The number of hydrogen-bond acceptors (Lipinski definition) is 3. The molecule has 2 aliphatic rings. The third-order valence-corrected chi connectivity index (χ3v) is 5.11. The molecule has 0 heterocycles. The second-order valence-electron chi connectivity index (χ2n) is 6.71. The quantitative estimate of drug-likeness (QED) is 0.633. The SMILES string of the molecule is O=C(CCOCCC(=O)C1CCCCC1)C1CCCCC1. The Labute approximate surface area is 128 Å². The van der Waals surface area contributed by atoms with E-state index in [0.29, 0.717) is 37.6 Å². The average molecular weight is 294 g/mol. The van der Waals surface area contributed by atoms with E-state index in [1.165, 1.54) is 38.5 Å². The molecule has 120 valence electrons. The van der Waals surface area contributed by atoms with Crippen LogP contribution in [0.15, 0.2) is 0 Å². The molecule has 0 amide bonds. The number of carbonyl (C=O) groups is 2. The molecule has 2 aliphatic carbocycles. The first-order chi connectivity index (χ1) is 10.3. The maximum atomic E-state index is 12.0. The van der Waals surface area contributed by atoms with Crippen molar-refractivity contribution in [2.75, 3.05) is 13.2 Å². The monoisotopic (exact) mass is 294 g/mol. The minimum Gasteiger partial charge on any atom is -0.381 e. The molecule has 0 aromatic heterocycles. The predicted octanol–water partition coefficient (Wildman–Crippen LogP) is 4.08. The fourth-order valence-corrected chi connectivity index (χ4v) is 3.70. The lowest BCUT2D eigenvalue weighted by Gasteiger charge is -2.20. The van der Waals surface area contributed by atoms with E-state index >= 15 is 0 Å². The van der Waals surface area contributed by atoms with Crippen LogP contribution in [0.5, 0.6) is 0 Å². The zero-order valence-electron chi connectivity index (χ0n) is 13.3. The molecule has 2 saturated carbocycles. The highest BCUT2D eigenvalue weighted by Crippen LogP contribution is 2.26. The molecule has 2 rings (SSSR count). The average Bonchev–Trinajstić information content (AvgIpc) is 2.55. The normalized spacial score (nSPS) is 21.3. The maximum Gasteiger partial charge on any atom is 0.138 e. The van der Waals surface area contributed by atoms with Crippen LogP contribution in [0.4, 0.5) is 0 Å². The molecule has 2 fully saturated rings. The predicted molar refractivity (Wildman–Crippen MR) is 83.2 cm³/mol. The first-order valence-corrected chi connectivity index (χ1v) is 8.90. The Kier molecular flexibility index (Phi) is 7.42. The fourth-order valence-electron chi connectivity index (χ4n) is 3.70. The summed E-state index contributed by atoms with van der Waals surface area (Å²) in [5, 5.41) is 0. The second-order valence-corrected chi connectivity index (χ2v) is 6.71. The van der Waals surface area contributed by atoms with Crippen molar-refractivity contribution >= 4 is 11.6 Å². The lowest BCUT2D eigenvalue weighted by atomic mass is 9.85. The van der Waals surface area contributed by atoms with Crippen molar-refractivity contribution in [2.45, 2.75) is 77.0 Å². The molecule has 0 aromatic carbocycles. The summed E-state index contributed by atoms with van der Waals surface area (Å²) in [6.45, 7) is 0.987.